The van der Waals surface area contributed by atoms with E-state index in [0.29, 0.717) is 6.42 Å². The molecule has 0 aliphatic heterocycles. The molecule has 0 aromatic heterocycles. The van der Waals surface area contributed by atoms with Gasteiger partial charge in [0.2, 0.25) is 0 Å². The van der Waals surface area contributed by atoms with E-state index in [9.17, 15) is 9.59 Å². The smallest absolute Gasteiger partial charge is 0.375 e. The number of esters is 1. The lowest BCUT2D eigenvalue weighted by Crippen LogP contribution is -2.24. The highest BCUT2D eigenvalue weighted by Crippen LogP contribution is 2.02. The Morgan fingerprint density at radius 1 is 1.60 bits per heavy atom. The number of hydrogen-bond donors (Lipinski definition) is 0. The molecule has 0 heterocycles. The van der Waals surface area contributed by atoms with Crippen LogP contribution in [0.25, 0.3) is 0 Å². The highest BCUT2D eigenvalue weighted by Gasteiger charge is 2.21. The average molecular weight is 165 g/mol. The highest BCUT2D eigenvalue weighted by atomic mass is 35.5. The quantitative estimate of drug-likeness (QED) is 0.351. The van der Waals surface area contributed by atoms with Gasteiger partial charge < -0.3 is 4.74 Å². The Morgan fingerprint density at radius 2 is 2.10 bits per heavy atom. The first-order valence-corrected chi connectivity index (χ1v) is 3.33. The molecular weight excluding hydrogens is 156 g/mol. The maximum absolute atomic E-state index is 10.7. The largest absolute Gasteiger partial charge is 0.463 e. The first kappa shape index (κ1) is 9.43. The summed E-state index contributed by atoms with van der Waals surface area (Å²) in [7, 11) is 1.15. The lowest BCUT2D eigenvalue weighted by molar-refractivity contribution is -0.151. The van der Waals surface area contributed by atoms with E-state index in [1.807, 2.05) is 0 Å². The van der Waals surface area contributed by atoms with Gasteiger partial charge in [0.1, 0.15) is 5.38 Å². The molecule has 0 fully saturated rings. The fourth-order valence-corrected chi connectivity index (χ4v) is 0.503. The second-order valence-electron chi connectivity index (χ2n) is 1.73. The van der Waals surface area contributed by atoms with Crippen molar-refractivity contribution < 1.29 is 14.3 Å². The molecule has 1 atom stereocenters. The average Bonchev–Trinajstić information content (AvgIpc) is 2.00. The molecule has 58 valence electrons. The molecule has 4 heteroatoms. The predicted molar refractivity (Wildman–Crippen MR) is 37.0 cm³/mol. The van der Waals surface area contributed by atoms with Crippen LogP contribution in [0, 0.1) is 0 Å². The van der Waals surface area contributed by atoms with Crippen LogP contribution in [0.3, 0.4) is 0 Å². The number of ketones is 1. The van der Waals surface area contributed by atoms with E-state index < -0.39 is 17.1 Å². The van der Waals surface area contributed by atoms with Gasteiger partial charge in [-0.1, -0.05) is 6.92 Å². The van der Waals surface area contributed by atoms with Crippen molar-refractivity contribution in [3.63, 3.8) is 0 Å². The Hall–Kier alpha value is -0.570. The zero-order valence-electron chi connectivity index (χ0n) is 5.89. The van der Waals surface area contributed by atoms with Gasteiger partial charge in [0.05, 0.1) is 7.11 Å². The van der Waals surface area contributed by atoms with Gasteiger partial charge in [0, 0.05) is 0 Å². The summed E-state index contributed by atoms with van der Waals surface area (Å²) in [5.74, 6) is -1.55. The Bertz CT molecular complexity index is 144. The molecule has 0 radical (unpaired) electrons. The Morgan fingerprint density at radius 3 is 2.40 bits per heavy atom. The summed E-state index contributed by atoms with van der Waals surface area (Å²) in [6, 6.07) is 0. The van der Waals surface area contributed by atoms with E-state index in [2.05, 4.69) is 4.74 Å². The summed E-state index contributed by atoms with van der Waals surface area (Å²) in [6.07, 6.45) is 0.440. The number of carbonyl (C=O) groups is 2. The lowest BCUT2D eigenvalue weighted by atomic mass is 10.2. The van der Waals surface area contributed by atoms with Gasteiger partial charge in [-0.2, -0.15) is 0 Å². The summed E-state index contributed by atoms with van der Waals surface area (Å²) in [5, 5.41) is -0.743. The van der Waals surface area contributed by atoms with Crippen molar-refractivity contribution in [3.05, 3.63) is 0 Å². The zero-order chi connectivity index (χ0) is 8.15. The SMILES string of the molecule is CCC(Cl)C(=O)C(=O)OC. The molecule has 0 N–H and O–H groups in total. The van der Waals surface area contributed by atoms with Crippen LogP contribution in [0.5, 0.6) is 0 Å². The summed E-state index contributed by atoms with van der Waals surface area (Å²) >= 11 is 5.44. The van der Waals surface area contributed by atoms with Crippen LogP contribution in [0.1, 0.15) is 13.3 Å². The third kappa shape index (κ3) is 2.35. The summed E-state index contributed by atoms with van der Waals surface area (Å²) in [5.41, 5.74) is 0. The van der Waals surface area contributed by atoms with Crippen molar-refractivity contribution in [3.8, 4) is 0 Å². The fraction of sp³-hybridized carbons (Fsp3) is 0.667. The molecule has 0 rings (SSSR count). The number of halogens is 1. The van der Waals surface area contributed by atoms with Crippen LogP contribution in [0.15, 0.2) is 0 Å². The number of methoxy groups -OCH3 is 1. The molecule has 0 aromatic carbocycles. The predicted octanol–water partition coefficient (Wildman–Crippen LogP) is 0.746. The van der Waals surface area contributed by atoms with Crippen molar-refractivity contribution in [1.29, 1.82) is 0 Å². The van der Waals surface area contributed by atoms with E-state index in [0.717, 1.165) is 7.11 Å². The van der Waals surface area contributed by atoms with Gasteiger partial charge in [-0.15, -0.1) is 11.6 Å². The Balaban J connectivity index is 3.95. The van der Waals surface area contributed by atoms with Crippen LogP contribution in [-0.4, -0.2) is 24.2 Å². The van der Waals surface area contributed by atoms with Crippen LogP contribution < -0.4 is 0 Å². The molecule has 0 aliphatic rings. The normalized spacial score (nSPS) is 12.3. The first-order valence-electron chi connectivity index (χ1n) is 2.89. The number of hydrogen-bond acceptors (Lipinski definition) is 3. The standard InChI is InChI=1S/C6H9ClO3/c1-3-4(7)5(8)6(9)10-2/h4H,3H2,1-2H3. The van der Waals surface area contributed by atoms with Crippen LogP contribution in [0.2, 0.25) is 0 Å². The Kier molecular flexibility index (Phi) is 4.03. The van der Waals surface area contributed by atoms with E-state index >= 15 is 0 Å². The zero-order valence-corrected chi connectivity index (χ0v) is 6.64. The van der Waals surface area contributed by atoms with E-state index in [1.54, 1.807) is 6.92 Å². The van der Waals surface area contributed by atoms with Gasteiger partial charge in [-0.25, -0.2) is 4.79 Å². The van der Waals surface area contributed by atoms with Gasteiger partial charge in [-0.3, -0.25) is 4.79 Å². The summed E-state index contributed by atoms with van der Waals surface area (Å²) in [4.78, 5) is 21.2. The molecule has 1 unspecified atom stereocenters. The van der Waals surface area contributed by atoms with Gasteiger partial charge in [-0.05, 0) is 6.42 Å². The summed E-state index contributed by atoms with van der Waals surface area (Å²) in [6.45, 7) is 1.72. The Labute approximate surface area is 64.3 Å². The maximum atomic E-state index is 10.7. The van der Waals surface area contributed by atoms with Crippen molar-refractivity contribution in [2.45, 2.75) is 18.7 Å². The third-order valence-electron chi connectivity index (χ3n) is 1.03. The minimum atomic E-state index is -0.873. The van der Waals surface area contributed by atoms with Crippen molar-refractivity contribution >= 4 is 23.4 Å². The molecule has 0 aromatic rings. The van der Waals surface area contributed by atoms with Crippen molar-refractivity contribution in [1.82, 2.24) is 0 Å². The number of alkyl halides is 1. The molecule has 3 nitrogen and oxygen atoms in total. The van der Waals surface area contributed by atoms with E-state index in [-0.39, 0.29) is 0 Å². The molecule has 0 amide bonds. The minimum Gasteiger partial charge on any atom is -0.463 e. The van der Waals surface area contributed by atoms with Gasteiger partial charge in [0.15, 0.2) is 0 Å². The number of carbonyl (C=O) groups excluding carboxylic acids is 2. The number of ether oxygens (including phenoxy) is 1. The molecule has 0 saturated heterocycles. The van der Waals surface area contributed by atoms with Gasteiger partial charge in [0.25, 0.3) is 5.78 Å². The topological polar surface area (TPSA) is 43.4 Å². The van der Waals surface area contributed by atoms with Crippen LogP contribution in [-0.2, 0) is 14.3 Å². The van der Waals surface area contributed by atoms with E-state index in [1.165, 1.54) is 0 Å². The maximum Gasteiger partial charge on any atom is 0.375 e. The second-order valence-corrected chi connectivity index (χ2v) is 2.26. The number of rotatable bonds is 3. The fourth-order valence-electron chi connectivity index (χ4n) is 0.414. The van der Waals surface area contributed by atoms with Crippen molar-refractivity contribution in [2.24, 2.45) is 0 Å². The monoisotopic (exact) mass is 164 g/mol. The first-order chi connectivity index (χ1) is 4.63. The molecule has 0 aliphatic carbocycles. The second kappa shape index (κ2) is 4.28. The van der Waals surface area contributed by atoms with Gasteiger partial charge >= 0.3 is 5.97 Å². The molecule has 0 saturated carbocycles. The number of Topliss-reactive ketones (excluding diaryl/α,β-unsaturated/α-hetero) is 1. The minimum absolute atomic E-state index is 0.440. The van der Waals surface area contributed by atoms with Crippen molar-refractivity contribution in [2.75, 3.05) is 7.11 Å². The lowest BCUT2D eigenvalue weighted by Gasteiger charge is -2.01. The highest BCUT2D eigenvalue weighted by molar-refractivity contribution is 6.47. The van der Waals surface area contributed by atoms with Crippen LogP contribution >= 0.6 is 11.6 Å². The summed E-state index contributed by atoms with van der Waals surface area (Å²) < 4.78 is 4.16. The molecule has 0 spiro atoms. The van der Waals surface area contributed by atoms with Crippen LogP contribution in [0.4, 0.5) is 0 Å². The molecule has 0 bridgehead atoms. The molecular formula is C6H9ClO3. The van der Waals surface area contributed by atoms with E-state index in [4.69, 9.17) is 11.6 Å². The third-order valence-corrected chi connectivity index (χ3v) is 1.54. The molecule has 10 heavy (non-hydrogen) atoms.